The van der Waals surface area contributed by atoms with Crippen LogP contribution >= 0.6 is 0 Å². The second-order valence-electron chi connectivity index (χ2n) is 12.8. The lowest BCUT2D eigenvalue weighted by Gasteiger charge is -2.29. The summed E-state index contributed by atoms with van der Waals surface area (Å²) >= 11 is 0. The zero-order chi connectivity index (χ0) is 31.2. The number of unbranched alkanes of at least 4 members (excludes halogenated alkanes) is 1. The van der Waals surface area contributed by atoms with E-state index in [1.165, 1.54) is 11.1 Å². The Bertz CT molecular complexity index is 1570. The first-order valence-corrected chi connectivity index (χ1v) is 15.7. The molecule has 1 heterocycles. The van der Waals surface area contributed by atoms with E-state index < -0.39 is 0 Å². The number of carbonyl (C=O) groups excluding carboxylic acids is 1. The molecule has 0 unspecified atom stereocenters. The van der Waals surface area contributed by atoms with Crippen molar-refractivity contribution in [3.63, 3.8) is 0 Å². The van der Waals surface area contributed by atoms with Crippen molar-refractivity contribution in [3.8, 4) is 22.8 Å². The number of fused-ring (bicyclic) bond motifs is 1. The fraction of sp³-hybridized carbons (Fsp3) is 0.421. The minimum Gasteiger partial charge on any atom is -0.488 e. The van der Waals surface area contributed by atoms with Crippen LogP contribution in [0.25, 0.3) is 22.2 Å². The van der Waals surface area contributed by atoms with E-state index in [1.807, 2.05) is 42.5 Å². The number of pyridine rings is 1. The lowest BCUT2D eigenvalue weighted by Crippen LogP contribution is -2.28. The summed E-state index contributed by atoms with van der Waals surface area (Å²) in [4.78, 5) is 18.3. The van der Waals surface area contributed by atoms with Crippen molar-refractivity contribution < 1.29 is 14.3 Å². The second kappa shape index (κ2) is 13.6. The van der Waals surface area contributed by atoms with Gasteiger partial charge in [0.05, 0.1) is 16.8 Å². The standard InChI is InChI=1S/C38H48N2O3/c1-9-37(5,6)42-30-21-20-28(35(24-30)43-38(7,8)10-2)15-13-14-22-39-36(41)32-25-34(29-19-18-26(3)27(4)23-29)40-33-17-12-11-16-31(32)33/h11-12,16-21,23-25H,9-10,13-15,22H2,1-8H3,(H,39,41). The Balaban J connectivity index is 1.44. The number of rotatable bonds is 13. The smallest absolute Gasteiger partial charge is 0.252 e. The Kier molecular flexibility index (Phi) is 10.2. The summed E-state index contributed by atoms with van der Waals surface area (Å²) in [6.07, 6.45) is 4.46. The van der Waals surface area contributed by atoms with E-state index in [1.54, 1.807) is 0 Å². The number of hydrogen-bond donors (Lipinski definition) is 1. The molecule has 5 nitrogen and oxygen atoms in total. The van der Waals surface area contributed by atoms with Crippen LogP contribution in [0, 0.1) is 13.8 Å². The second-order valence-corrected chi connectivity index (χ2v) is 12.8. The summed E-state index contributed by atoms with van der Waals surface area (Å²) in [6.45, 7) is 17.5. The van der Waals surface area contributed by atoms with Crippen molar-refractivity contribution in [1.82, 2.24) is 10.3 Å². The van der Waals surface area contributed by atoms with Crippen molar-refractivity contribution >= 4 is 16.8 Å². The van der Waals surface area contributed by atoms with Gasteiger partial charge in [0.25, 0.3) is 5.91 Å². The lowest BCUT2D eigenvalue weighted by molar-refractivity contribution is 0.0942. The first-order valence-electron chi connectivity index (χ1n) is 15.7. The van der Waals surface area contributed by atoms with E-state index in [-0.39, 0.29) is 17.1 Å². The zero-order valence-electron chi connectivity index (χ0n) is 27.3. The highest BCUT2D eigenvalue weighted by atomic mass is 16.5. The fourth-order valence-electron chi connectivity index (χ4n) is 4.81. The molecule has 0 bridgehead atoms. The minimum atomic E-state index is -0.273. The molecule has 3 aromatic carbocycles. The predicted octanol–water partition coefficient (Wildman–Crippen LogP) is 9.41. The van der Waals surface area contributed by atoms with Crippen LogP contribution < -0.4 is 14.8 Å². The molecule has 0 saturated carbocycles. The van der Waals surface area contributed by atoms with Gasteiger partial charge >= 0.3 is 0 Å². The Morgan fingerprint density at radius 1 is 0.814 bits per heavy atom. The number of aryl methyl sites for hydroxylation is 3. The highest BCUT2D eigenvalue weighted by molar-refractivity contribution is 6.07. The third-order valence-electron chi connectivity index (χ3n) is 8.44. The quantitative estimate of drug-likeness (QED) is 0.160. The Morgan fingerprint density at radius 2 is 1.53 bits per heavy atom. The van der Waals surface area contributed by atoms with Crippen LogP contribution in [-0.2, 0) is 6.42 Å². The molecule has 228 valence electrons. The van der Waals surface area contributed by atoms with Gasteiger partial charge in [0.1, 0.15) is 22.7 Å². The van der Waals surface area contributed by atoms with Crippen LogP contribution in [0.15, 0.2) is 66.7 Å². The molecule has 4 aromatic rings. The molecule has 0 spiro atoms. The third kappa shape index (κ3) is 8.37. The number of amides is 1. The van der Waals surface area contributed by atoms with E-state index in [9.17, 15) is 4.79 Å². The molecule has 0 atom stereocenters. The normalized spacial score (nSPS) is 11.9. The van der Waals surface area contributed by atoms with Gasteiger partial charge in [-0.15, -0.1) is 0 Å². The van der Waals surface area contributed by atoms with Gasteiger partial charge in [-0.1, -0.05) is 50.2 Å². The first-order chi connectivity index (χ1) is 20.4. The van der Waals surface area contributed by atoms with Crippen molar-refractivity contribution in [2.75, 3.05) is 6.54 Å². The average Bonchev–Trinajstić information content (AvgIpc) is 2.98. The number of nitrogens with one attached hydrogen (secondary N) is 1. The number of aromatic nitrogens is 1. The largest absolute Gasteiger partial charge is 0.488 e. The van der Waals surface area contributed by atoms with E-state index in [0.29, 0.717) is 12.1 Å². The zero-order valence-corrected chi connectivity index (χ0v) is 27.3. The van der Waals surface area contributed by atoms with Crippen LogP contribution in [0.2, 0.25) is 0 Å². The van der Waals surface area contributed by atoms with Crippen LogP contribution in [0.5, 0.6) is 11.5 Å². The van der Waals surface area contributed by atoms with E-state index in [4.69, 9.17) is 14.5 Å². The van der Waals surface area contributed by atoms with Gasteiger partial charge in [-0.3, -0.25) is 4.79 Å². The summed E-state index contributed by atoms with van der Waals surface area (Å²) in [6, 6.07) is 22.3. The Labute approximate surface area is 258 Å². The summed E-state index contributed by atoms with van der Waals surface area (Å²) in [5, 5.41) is 4.02. The number of para-hydroxylation sites is 1. The van der Waals surface area contributed by atoms with E-state index in [2.05, 4.69) is 85.0 Å². The molecule has 4 rings (SSSR count). The molecule has 0 aliphatic heterocycles. The van der Waals surface area contributed by atoms with E-state index >= 15 is 0 Å². The molecule has 0 fully saturated rings. The average molecular weight is 581 g/mol. The van der Waals surface area contributed by atoms with Gasteiger partial charge in [0, 0.05) is 23.6 Å². The number of benzene rings is 3. The lowest BCUT2D eigenvalue weighted by atomic mass is 10.0. The molecule has 0 aliphatic carbocycles. The molecule has 0 radical (unpaired) electrons. The highest BCUT2D eigenvalue weighted by Crippen LogP contribution is 2.33. The molecule has 1 N–H and O–H groups in total. The van der Waals surface area contributed by atoms with E-state index in [0.717, 1.165) is 71.3 Å². The summed E-state index contributed by atoms with van der Waals surface area (Å²) in [7, 11) is 0. The number of nitrogens with zero attached hydrogens (tertiary/aromatic N) is 1. The minimum absolute atomic E-state index is 0.0718. The third-order valence-corrected chi connectivity index (χ3v) is 8.44. The maximum Gasteiger partial charge on any atom is 0.252 e. The maximum absolute atomic E-state index is 13.4. The fourth-order valence-corrected chi connectivity index (χ4v) is 4.81. The van der Waals surface area contributed by atoms with Crippen molar-refractivity contribution in [1.29, 1.82) is 0 Å². The van der Waals surface area contributed by atoms with Gasteiger partial charge in [-0.2, -0.15) is 0 Å². The summed E-state index contributed by atoms with van der Waals surface area (Å²) in [5.41, 5.74) is 6.39. The van der Waals surface area contributed by atoms with Gasteiger partial charge in [0.15, 0.2) is 0 Å². The van der Waals surface area contributed by atoms with Crippen LogP contribution in [0.4, 0.5) is 0 Å². The van der Waals surface area contributed by atoms with Crippen molar-refractivity contribution in [2.24, 2.45) is 0 Å². The predicted molar refractivity (Wildman–Crippen MR) is 178 cm³/mol. The molecule has 5 heteroatoms. The van der Waals surface area contributed by atoms with Crippen LogP contribution in [0.3, 0.4) is 0 Å². The van der Waals surface area contributed by atoms with Gasteiger partial charge in [0.2, 0.25) is 0 Å². The van der Waals surface area contributed by atoms with Gasteiger partial charge in [-0.05, 0) is 115 Å². The summed E-state index contributed by atoms with van der Waals surface area (Å²) < 4.78 is 12.7. The van der Waals surface area contributed by atoms with Crippen molar-refractivity contribution in [3.05, 3.63) is 89.0 Å². The Hall–Kier alpha value is -3.86. The van der Waals surface area contributed by atoms with Crippen molar-refractivity contribution in [2.45, 2.75) is 98.7 Å². The maximum atomic E-state index is 13.4. The molecule has 43 heavy (non-hydrogen) atoms. The molecule has 1 aromatic heterocycles. The number of hydrogen-bond acceptors (Lipinski definition) is 4. The van der Waals surface area contributed by atoms with Gasteiger partial charge in [-0.25, -0.2) is 4.98 Å². The Morgan fingerprint density at radius 3 is 2.26 bits per heavy atom. The summed E-state index contributed by atoms with van der Waals surface area (Å²) in [5.74, 6) is 1.63. The number of ether oxygens (including phenoxy) is 2. The molecular weight excluding hydrogens is 532 g/mol. The molecular formula is C38H48N2O3. The molecule has 0 saturated heterocycles. The SMILES string of the molecule is CCC(C)(C)Oc1ccc(CCCCNC(=O)c2cc(-c3ccc(C)c(C)c3)nc3ccccc23)c(OC(C)(C)CC)c1. The molecule has 1 amide bonds. The molecule has 0 aliphatic rings. The van der Waals surface area contributed by atoms with Gasteiger partial charge < -0.3 is 14.8 Å². The number of carbonyl (C=O) groups is 1. The monoisotopic (exact) mass is 580 g/mol. The van der Waals surface area contributed by atoms with Crippen LogP contribution in [-0.4, -0.2) is 28.6 Å². The topological polar surface area (TPSA) is 60.5 Å². The van der Waals surface area contributed by atoms with Crippen LogP contribution in [0.1, 0.15) is 94.3 Å². The first kappa shape index (κ1) is 32.1. The highest BCUT2D eigenvalue weighted by Gasteiger charge is 2.22.